The summed E-state index contributed by atoms with van der Waals surface area (Å²) in [4.78, 5) is 35.6. The van der Waals surface area contributed by atoms with E-state index in [1.54, 1.807) is 24.3 Å². The number of rotatable bonds is 9. The summed E-state index contributed by atoms with van der Waals surface area (Å²) in [6.45, 7) is 0. The van der Waals surface area contributed by atoms with Crippen molar-refractivity contribution in [2.45, 2.75) is 12.8 Å². The zero-order chi connectivity index (χ0) is 22.1. The molecule has 6 nitrogen and oxygen atoms in total. The number of aryl methyl sites for hydroxylation is 1. The molecule has 1 atom stereocenters. The topological polar surface area (TPSA) is 86.5 Å². The molecule has 0 saturated carbocycles. The first-order valence-electron chi connectivity index (χ1n) is 9.75. The molecule has 0 N–H and O–H groups in total. The summed E-state index contributed by atoms with van der Waals surface area (Å²) < 4.78 is 5.45. The Balaban J connectivity index is 1.66. The number of carbonyl (C=O) groups is 2. The third-order valence-electron chi connectivity index (χ3n) is 4.65. The summed E-state index contributed by atoms with van der Waals surface area (Å²) >= 11 is 1.09. The maximum Gasteiger partial charge on any atom is 0.315 e. The first kappa shape index (κ1) is 22.2. The second-order valence-electron chi connectivity index (χ2n) is 6.86. The molecule has 0 saturated heterocycles. The molecule has 0 spiro atoms. The second kappa shape index (κ2) is 11.1. The van der Waals surface area contributed by atoms with Gasteiger partial charge in [-0.05, 0) is 30.5 Å². The van der Waals surface area contributed by atoms with Crippen LogP contribution >= 0.6 is 11.8 Å². The highest BCUT2D eigenvalue weighted by atomic mass is 32.2. The lowest BCUT2D eigenvalue weighted by Gasteiger charge is -2.15. The molecule has 3 aromatic carbocycles. The number of non-ortho nitro benzene ring substituents is 1. The van der Waals surface area contributed by atoms with Crippen LogP contribution in [0.5, 0.6) is 5.75 Å². The van der Waals surface area contributed by atoms with E-state index in [0.717, 1.165) is 17.3 Å². The van der Waals surface area contributed by atoms with Crippen molar-refractivity contribution in [3.05, 3.63) is 106 Å². The molecule has 7 heteroatoms. The number of nitro groups is 1. The van der Waals surface area contributed by atoms with Crippen molar-refractivity contribution < 1.29 is 19.2 Å². The van der Waals surface area contributed by atoms with Crippen LogP contribution in [-0.4, -0.2) is 21.8 Å². The monoisotopic (exact) mass is 435 g/mol. The number of hydrogen-bond donors (Lipinski definition) is 0. The molecule has 0 amide bonds. The number of thioether (sulfide) groups is 1. The van der Waals surface area contributed by atoms with E-state index in [4.69, 9.17) is 4.74 Å². The van der Waals surface area contributed by atoms with E-state index < -0.39 is 16.8 Å². The minimum absolute atomic E-state index is 0.0792. The minimum atomic E-state index is -0.514. The van der Waals surface area contributed by atoms with Crippen LogP contribution in [0.4, 0.5) is 5.69 Å². The van der Waals surface area contributed by atoms with E-state index in [0.29, 0.717) is 18.4 Å². The van der Waals surface area contributed by atoms with Crippen LogP contribution < -0.4 is 4.74 Å². The van der Waals surface area contributed by atoms with Crippen LogP contribution in [0.1, 0.15) is 22.3 Å². The summed E-state index contributed by atoms with van der Waals surface area (Å²) in [6.07, 6.45) is 1.19. The van der Waals surface area contributed by atoms with Crippen molar-refractivity contribution in [1.29, 1.82) is 0 Å². The molecule has 0 aliphatic rings. The van der Waals surface area contributed by atoms with Crippen LogP contribution in [0.15, 0.2) is 84.9 Å². The van der Waals surface area contributed by atoms with Gasteiger partial charge in [-0.2, -0.15) is 0 Å². The Kier molecular flexibility index (Phi) is 7.95. The van der Waals surface area contributed by atoms with E-state index >= 15 is 0 Å². The molecular formula is C24H21NO5S. The summed E-state index contributed by atoms with van der Waals surface area (Å²) in [6, 6.07) is 24.1. The summed E-state index contributed by atoms with van der Waals surface area (Å²) in [5, 5.41) is 10.7. The Morgan fingerprint density at radius 3 is 2.13 bits per heavy atom. The molecule has 3 aromatic rings. The van der Waals surface area contributed by atoms with Crippen molar-refractivity contribution in [3.8, 4) is 5.75 Å². The van der Waals surface area contributed by atoms with Gasteiger partial charge in [-0.1, -0.05) is 72.4 Å². The second-order valence-corrected chi connectivity index (χ2v) is 7.85. The number of hydrogen-bond acceptors (Lipinski definition) is 6. The Labute approximate surface area is 184 Å². The highest BCUT2D eigenvalue weighted by Crippen LogP contribution is 2.23. The quantitative estimate of drug-likeness (QED) is 0.196. The molecule has 0 aromatic heterocycles. The van der Waals surface area contributed by atoms with Gasteiger partial charge in [0.05, 0.1) is 10.8 Å². The van der Waals surface area contributed by atoms with Gasteiger partial charge in [0.25, 0.3) is 5.69 Å². The predicted molar refractivity (Wildman–Crippen MR) is 120 cm³/mol. The molecule has 0 bridgehead atoms. The Bertz CT molecular complexity index is 1020. The van der Waals surface area contributed by atoms with Crippen molar-refractivity contribution in [1.82, 2.24) is 0 Å². The number of nitro benzene ring substituents is 1. The zero-order valence-electron chi connectivity index (χ0n) is 16.7. The van der Waals surface area contributed by atoms with Gasteiger partial charge in [0.2, 0.25) is 5.12 Å². The van der Waals surface area contributed by atoms with Gasteiger partial charge >= 0.3 is 5.97 Å². The lowest BCUT2D eigenvalue weighted by Crippen LogP contribution is -2.24. The fraction of sp³-hybridized carbons (Fsp3) is 0.167. The van der Waals surface area contributed by atoms with Crippen molar-refractivity contribution >= 4 is 28.5 Å². The van der Waals surface area contributed by atoms with Crippen LogP contribution in [-0.2, 0) is 11.2 Å². The molecule has 158 valence electrons. The lowest BCUT2D eigenvalue weighted by atomic mass is 10.0. The average Bonchev–Trinajstić information content (AvgIpc) is 2.80. The van der Waals surface area contributed by atoms with Crippen molar-refractivity contribution in [3.63, 3.8) is 0 Å². The first-order valence-corrected chi connectivity index (χ1v) is 10.7. The molecule has 1 unspecified atom stereocenters. The third kappa shape index (κ3) is 6.79. The van der Waals surface area contributed by atoms with Gasteiger partial charge in [-0.25, -0.2) is 0 Å². The number of carbonyl (C=O) groups excluding carboxylic acids is 2. The maximum absolute atomic E-state index is 12.8. The lowest BCUT2D eigenvalue weighted by molar-refractivity contribution is -0.384. The zero-order valence-corrected chi connectivity index (χ0v) is 17.5. The molecule has 0 fully saturated rings. The Morgan fingerprint density at radius 1 is 0.903 bits per heavy atom. The molecule has 0 aliphatic carbocycles. The summed E-state index contributed by atoms with van der Waals surface area (Å²) in [7, 11) is 0. The molecular weight excluding hydrogens is 414 g/mol. The summed E-state index contributed by atoms with van der Waals surface area (Å²) in [5.74, 6) is -0.447. The van der Waals surface area contributed by atoms with Crippen molar-refractivity contribution in [2.75, 3.05) is 5.75 Å². The largest absolute Gasteiger partial charge is 0.426 e. The fourth-order valence-electron chi connectivity index (χ4n) is 2.92. The molecule has 0 heterocycles. The van der Waals surface area contributed by atoms with Gasteiger partial charge in [0, 0.05) is 23.4 Å². The predicted octanol–water partition coefficient (Wildman–Crippen LogP) is 5.32. The number of ether oxygens (including phenoxy) is 1. The molecule has 3 rings (SSSR count). The first-order chi connectivity index (χ1) is 15.0. The van der Waals surface area contributed by atoms with E-state index in [-0.39, 0.29) is 22.3 Å². The normalized spacial score (nSPS) is 11.5. The Hall–Kier alpha value is -3.45. The molecule has 0 radical (unpaired) electrons. The van der Waals surface area contributed by atoms with Crippen LogP contribution in [0, 0.1) is 16.0 Å². The van der Waals surface area contributed by atoms with E-state index in [1.165, 1.54) is 24.3 Å². The van der Waals surface area contributed by atoms with E-state index in [9.17, 15) is 19.7 Å². The van der Waals surface area contributed by atoms with Crippen LogP contribution in [0.3, 0.4) is 0 Å². The van der Waals surface area contributed by atoms with Crippen LogP contribution in [0.2, 0.25) is 0 Å². The minimum Gasteiger partial charge on any atom is -0.426 e. The van der Waals surface area contributed by atoms with Gasteiger partial charge < -0.3 is 4.74 Å². The Morgan fingerprint density at radius 2 is 1.52 bits per heavy atom. The van der Waals surface area contributed by atoms with E-state index in [1.807, 2.05) is 36.4 Å². The average molecular weight is 436 g/mol. The maximum atomic E-state index is 12.8. The van der Waals surface area contributed by atoms with Gasteiger partial charge in [-0.3, -0.25) is 19.7 Å². The standard InChI is InChI=1S/C24H21NO5S/c26-23(30-22-15-13-21(14-16-22)25(28)29)20(12-11-18-7-3-1-4-8-18)17-31-24(27)19-9-5-2-6-10-19/h1-10,13-16,20H,11-12,17H2. The number of benzene rings is 3. The summed E-state index contributed by atoms with van der Waals surface area (Å²) in [5.41, 5.74) is 1.59. The molecule has 0 aliphatic heterocycles. The fourth-order valence-corrected chi connectivity index (χ4v) is 3.88. The highest BCUT2D eigenvalue weighted by molar-refractivity contribution is 8.14. The smallest absolute Gasteiger partial charge is 0.315 e. The number of esters is 1. The number of nitrogens with zero attached hydrogens (tertiary/aromatic N) is 1. The SMILES string of the molecule is O=C(SCC(CCc1ccccc1)C(=O)Oc1ccc([N+](=O)[O-])cc1)c1ccccc1. The molecule has 31 heavy (non-hydrogen) atoms. The van der Waals surface area contributed by atoms with Gasteiger partial charge in [-0.15, -0.1) is 0 Å². The van der Waals surface area contributed by atoms with Crippen molar-refractivity contribution in [2.24, 2.45) is 5.92 Å². The highest BCUT2D eigenvalue weighted by Gasteiger charge is 2.23. The van der Waals surface area contributed by atoms with Gasteiger partial charge in [0.1, 0.15) is 5.75 Å². The van der Waals surface area contributed by atoms with Crippen LogP contribution in [0.25, 0.3) is 0 Å². The third-order valence-corrected chi connectivity index (χ3v) is 5.72. The van der Waals surface area contributed by atoms with Gasteiger partial charge in [0.15, 0.2) is 0 Å². The van der Waals surface area contributed by atoms with E-state index in [2.05, 4.69) is 0 Å².